The molecule has 7 nitrogen and oxygen atoms in total. The minimum atomic E-state index is -0.865. The summed E-state index contributed by atoms with van der Waals surface area (Å²) in [5, 5.41) is 0. The number of likely N-dealkylation sites (tertiary alicyclic amines) is 1. The molecule has 0 spiro atoms. The molecule has 41 heavy (non-hydrogen) atoms. The highest BCUT2D eigenvalue weighted by Gasteiger charge is 2.32. The highest BCUT2D eigenvalue weighted by atomic mass is 19.1. The molecule has 0 N–H and O–H groups in total. The zero-order valence-electron chi connectivity index (χ0n) is 23.1. The molecule has 0 amide bonds. The minimum absolute atomic E-state index is 0.154. The second-order valence-electron chi connectivity index (χ2n) is 10.3. The number of aromatic nitrogens is 1. The first-order valence-corrected chi connectivity index (χ1v) is 14.1. The van der Waals surface area contributed by atoms with Crippen LogP contribution in [0, 0.1) is 0 Å². The van der Waals surface area contributed by atoms with Crippen LogP contribution in [0.2, 0.25) is 0 Å². The third-order valence-corrected chi connectivity index (χ3v) is 7.38. The molecular formula is C33H34FN3O4. The van der Waals surface area contributed by atoms with E-state index in [2.05, 4.69) is 21.7 Å². The summed E-state index contributed by atoms with van der Waals surface area (Å²) in [6, 6.07) is 25.3. The number of rotatable bonds is 11. The van der Waals surface area contributed by atoms with Crippen molar-refractivity contribution in [1.29, 1.82) is 0 Å². The Bertz CT molecular complexity index is 1430. The van der Waals surface area contributed by atoms with Crippen molar-refractivity contribution in [2.75, 3.05) is 38.0 Å². The Hall–Kier alpha value is -4.30. The Morgan fingerprint density at radius 1 is 0.902 bits per heavy atom. The maximum atomic E-state index is 12.7. The van der Waals surface area contributed by atoms with E-state index < -0.39 is 6.86 Å². The number of hydrogen-bond donors (Lipinski definition) is 0. The lowest BCUT2D eigenvalue weighted by Gasteiger charge is -2.40. The standard InChI is InChI=1S/C33H34FN3O4/c1-2-14-36-19-30(20-36)41-29-15-26(17-35-18-29)37-31-13-12-28(38-21-24-6-4-3-5-7-24)16-33(31)39-22-32(37)25-8-10-27(11-9-25)40-23-34/h3-13,15-18,30,32H,2,14,19-23H2,1H3/t32-/m0/s1. The van der Waals surface area contributed by atoms with E-state index in [-0.39, 0.29) is 12.1 Å². The van der Waals surface area contributed by atoms with Crippen LogP contribution in [0.1, 0.15) is 30.5 Å². The van der Waals surface area contributed by atoms with Gasteiger partial charge in [-0.2, -0.15) is 0 Å². The quantitative estimate of drug-likeness (QED) is 0.204. The van der Waals surface area contributed by atoms with Crippen molar-refractivity contribution in [3.05, 3.63) is 102 Å². The normalized spacial score (nSPS) is 16.8. The Morgan fingerprint density at radius 2 is 1.71 bits per heavy atom. The van der Waals surface area contributed by atoms with Crippen LogP contribution < -0.4 is 23.8 Å². The summed E-state index contributed by atoms with van der Waals surface area (Å²) >= 11 is 0. The average Bonchev–Trinajstić information content (AvgIpc) is 2.99. The highest BCUT2D eigenvalue weighted by molar-refractivity contribution is 5.73. The van der Waals surface area contributed by atoms with Crippen LogP contribution in [0.5, 0.6) is 23.0 Å². The second-order valence-corrected chi connectivity index (χ2v) is 10.3. The van der Waals surface area contributed by atoms with Crippen LogP contribution in [0.4, 0.5) is 15.8 Å². The summed E-state index contributed by atoms with van der Waals surface area (Å²) in [6.45, 7) is 5.16. The van der Waals surface area contributed by atoms with Crippen molar-refractivity contribution in [2.45, 2.75) is 32.1 Å². The predicted molar refractivity (Wildman–Crippen MR) is 156 cm³/mol. The third-order valence-electron chi connectivity index (χ3n) is 7.38. The Kier molecular flexibility index (Phi) is 8.18. The van der Waals surface area contributed by atoms with E-state index in [0.717, 1.165) is 65.8 Å². The van der Waals surface area contributed by atoms with Gasteiger partial charge in [-0.3, -0.25) is 9.88 Å². The van der Waals surface area contributed by atoms with E-state index >= 15 is 0 Å². The van der Waals surface area contributed by atoms with Crippen molar-refractivity contribution in [2.24, 2.45) is 0 Å². The average molecular weight is 556 g/mol. The van der Waals surface area contributed by atoms with Crippen LogP contribution >= 0.6 is 0 Å². The molecular weight excluding hydrogens is 521 g/mol. The molecule has 3 aromatic carbocycles. The number of ether oxygens (including phenoxy) is 4. The van der Waals surface area contributed by atoms with Gasteiger partial charge in [0.25, 0.3) is 0 Å². The van der Waals surface area contributed by atoms with Crippen LogP contribution in [-0.4, -0.2) is 49.1 Å². The first-order valence-electron chi connectivity index (χ1n) is 14.1. The number of hydrogen-bond acceptors (Lipinski definition) is 7. The molecule has 0 bridgehead atoms. The molecule has 6 rings (SSSR count). The van der Waals surface area contributed by atoms with Crippen molar-refractivity contribution in [1.82, 2.24) is 9.88 Å². The van der Waals surface area contributed by atoms with E-state index in [4.69, 9.17) is 18.9 Å². The van der Waals surface area contributed by atoms with Gasteiger partial charge in [0, 0.05) is 25.2 Å². The highest BCUT2D eigenvalue weighted by Crippen LogP contribution is 2.46. The SMILES string of the molecule is CCCN1CC(Oc2cncc(N3c4ccc(OCc5ccccc5)cc4OC[C@H]3c3ccc(OCF)cc3)c2)C1. The van der Waals surface area contributed by atoms with Gasteiger partial charge in [0.05, 0.1) is 29.8 Å². The van der Waals surface area contributed by atoms with Gasteiger partial charge in [-0.1, -0.05) is 49.4 Å². The molecule has 212 valence electrons. The van der Waals surface area contributed by atoms with Gasteiger partial charge in [0.2, 0.25) is 6.86 Å². The first kappa shape index (κ1) is 26.9. The monoisotopic (exact) mass is 555 g/mol. The van der Waals surface area contributed by atoms with Gasteiger partial charge in [-0.25, -0.2) is 4.39 Å². The maximum Gasteiger partial charge on any atom is 0.228 e. The van der Waals surface area contributed by atoms with Gasteiger partial charge in [0.1, 0.15) is 42.3 Å². The smallest absolute Gasteiger partial charge is 0.228 e. The predicted octanol–water partition coefficient (Wildman–Crippen LogP) is 6.71. The van der Waals surface area contributed by atoms with Crippen LogP contribution in [-0.2, 0) is 6.61 Å². The van der Waals surface area contributed by atoms with Crippen molar-refractivity contribution in [3.63, 3.8) is 0 Å². The lowest BCUT2D eigenvalue weighted by Crippen LogP contribution is -2.53. The zero-order chi connectivity index (χ0) is 28.0. The number of anilines is 2. The van der Waals surface area contributed by atoms with Gasteiger partial charge in [-0.05, 0) is 48.4 Å². The molecule has 2 aliphatic rings. The van der Waals surface area contributed by atoms with Crippen LogP contribution in [0.3, 0.4) is 0 Å². The molecule has 0 radical (unpaired) electrons. The number of alkyl halides is 1. The topological polar surface area (TPSA) is 56.3 Å². The number of nitrogens with zero attached hydrogens (tertiary/aromatic N) is 3. The van der Waals surface area contributed by atoms with E-state index in [1.807, 2.05) is 72.9 Å². The lowest BCUT2D eigenvalue weighted by molar-refractivity contribution is 0.0201. The van der Waals surface area contributed by atoms with Gasteiger partial charge in [0.15, 0.2) is 0 Å². The van der Waals surface area contributed by atoms with E-state index in [1.165, 1.54) is 0 Å². The Labute approximate surface area is 240 Å². The Balaban J connectivity index is 1.28. The van der Waals surface area contributed by atoms with Gasteiger partial charge < -0.3 is 23.8 Å². The summed E-state index contributed by atoms with van der Waals surface area (Å²) in [5.74, 6) is 2.68. The van der Waals surface area contributed by atoms with E-state index in [1.54, 1.807) is 18.3 Å². The third kappa shape index (κ3) is 6.23. The molecule has 0 saturated carbocycles. The largest absolute Gasteiger partial charge is 0.489 e. The molecule has 0 unspecified atom stereocenters. The molecule has 1 fully saturated rings. The zero-order valence-corrected chi connectivity index (χ0v) is 23.1. The molecule has 0 aliphatic carbocycles. The Morgan fingerprint density at radius 3 is 2.49 bits per heavy atom. The molecule has 4 aromatic rings. The van der Waals surface area contributed by atoms with Crippen LogP contribution in [0.15, 0.2) is 91.3 Å². The molecule has 1 saturated heterocycles. The fraction of sp³-hybridized carbons (Fsp3) is 0.303. The summed E-state index contributed by atoms with van der Waals surface area (Å²) in [7, 11) is 0. The molecule has 1 atom stereocenters. The number of pyridine rings is 1. The molecule has 8 heteroatoms. The summed E-state index contributed by atoms with van der Waals surface area (Å²) in [6.07, 6.45) is 4.92. The van der Waals surface area contributed by atoms with Crippen molar-refractivity contribution >= 4 is 11.4 Å². The number of halogens is 1. The summed E-state index contributed by atoms with van der Waals surface area (Å²) < 4.78 is 36.4. The number of fused-ring (bicyclic) bond motifs is 1. The van der Waals surface area contributed by atoms with Crippen molar-refractivity contribution < 1.29 is 23.3 Å². The van der Waals surface area contributed by atoms with Gasteiger partial charge >= 0.3 is 0 Å². The fourth-order valence-corrected chi connectivity index (χ4v) is 5.36. The molecule has 3 heterocycles. The van der Waals surface area contributed by atoms with Crippen molar-refractivity contribution in [3.8, 4) is 23.0 Å². The minimum Gasteiger partial charge on any atom is -0.489 e. The molecule has 1 aromatic heterocycles. The van der Waals surface area contributed by atoms with Crippen LogP contribution in [0.25, 0.3) is 0 Å². The molecule has 2 aliphatic heterocycles. The lowest BCUT2D eigenvalue weighted by atomic mass is 10.0. The maximum absolute atomic E-state index is 12.7. The van der Waals surface area contributed by atoms with E-state index in [0.29, 0.717) is 19.0 Å². The number of benzene rings is 3. The van der Waals surface area contributed by atoms with Gasteiger partial charge in [-0.15, -0.1) is 0 Å². The fourth-order valence-electron chi connectivity index (χ4n) is 5.36. The summed E-state index contributed by atoms with van der Waals surface area (Å²) in [5.41, 5.74) is 3.89. The van der Waals surface area contributed by atoms with E-state index in [9.17, 15) is 4.39 Å². The second kappa shape index (κ2) is 12.5. The first-order chi connectivity index (χ1) is 20.2. The summed E-state index contributed by atoms with van der Waals surface area (Å²) in [4.78, 5) is 9.15.